The molecule has 0 aliphatic rings. The molecule has 0 aliphatic carbocycles. The minimum atomic E-state index is -4.78. The Bertz CT molecular complexity index is 1110. The van der Waals surface area contributed by atoms with Gasteiger partial charge in [0.2, 0.25) is 0 Å². The van der Waals surface area contributed by atoms with Crippen molar-refractivity contribution in [2.45, 2.75) is 161 Å². The average molecular weight is 747 g/mol. The highest BCUT2D eigenvalue weighted by atomic mass is 31.2. The van der Waals surface area contributed by atoms with Gasteiger partial charge in [-0.1, -0.05) is 137 Å². The van der Waals surface area contributed by atoms with Gasteiger partial charge in [0.1, 0.15) is 6.61 Å². The van der Waals surface area contributed by atoms with Crippen LogP contribution in [-0.4, -0.2) is 41.0 Å². The molecule has 0 amide bonds. The fourth-order valence-corrected chi connectivity index (χ4v) is 5.26. The molecule has 52 heavy (non-hydrogen) atoms. The molecule has 296 valence electrons. The topological polar surface area (TPSA) is 119 Å². The summed E-state index contributed by atoms with van der Waals surface area (Å²) in [6, 6.07) is 0. The number of esters is 2. The van der Waals surface area contributed by atoms with Crippen LogP contribution in [-0.2, 0) is 28.2 Å². The summed E-state index contributed by atoms with van der Waals surface area (Å²) in [5.74, 6) is -0.984. The monoisotopic (exact) mass is 746 g/mol. The molecule has 0 saturated heterocycles. The molecule has 0 aromatic heterocycles. The lowest BCUT2D eigenvalue weighted by Gasteiger charge is -2.18. The lowest BCUT2D eigenvalue weighted by Crippen LogP contribution is -2.29. The number of unbranched alkanes of at least 4 members (excludes halogenated alkanes) is 11. The fraction of sp³-hybridized carbons (Fsp3) is 0.628. The first-order valence-corrected chi connectivity index (χ1v) is 21.4. The first kappa shape index (κ1) is 49.2. The van der Waals surface area contributed by atoms with Gasteiger partial charge in [0.25, 0.3) is 0 Å². The zero-order valence-electron chi connectivity index (χ0n) is 32.4. The largest absolute Gasteiger partial charge is 0.469 e. The van der Waals surface area contributed by atoms with Crippen LogP contribution >= 0.6 is 7.82 Å². The lowest BCUT2D eigenvalue weighted by atomic mass is 10.1. The van der Waals surface area contributed by atoms with Crippen LogP contribution < -0.4 is 0 Å². The summed E-state index contributed by atoms with van der Waals surface area (Å²) < 4.78 is 26.3. The van der Waals surface area contributed by atoms with Gasteiger partial charge in [-0.05, 0) is 89.9 Å². The van der Waals surface area contributed by atoms with Crippen molar-refractivity contribution in [2.75, 3.05) is 13.2 Å². The zero-order chi connectivity index (χ0) is 38.2. The quantitative estimate of drug-likeness (QED) is 0.0285. The zero-order valence-corrected chi connectivity index (χ0v) is 33.3. The molecule has 0 aromatic rings. The smallest absolute Gasteiger partial charge is 0.462 e. The van der Waals surface area contributed by atoms with E-state index in [1.54, 1.807) is 0 Å². The molecule has 0 aliphatic heterocycles. The number of ether oxygens (including phenoxy) is 2. The minimum absolute atomic E-state index is 0.170. The highest BCUT2D eigenvalue weighted by Gasteiger charge is 2.22. The van der Waals surface area contributed by atoms with Gasteiger partial charge in [-0.3, -0.25) is 14.1 Å². The number of rotatable bonds is 35. The number of phosphoric acid groups is 1. The summed E-state index contributed by atoms with van der Waals surface area (Å²) in [4.78, 5) is 42.8. The van der Waals surface area contributed by atoms with E-state index in [0.29, 0.717) is 12.8 Å². The van der Waals surface area contributed by atoms with Gasteiger partial charge in [0.05, 0.1) is 6.61 Å². The summed E-state index contributed by atoms with van der Waals surface area (Å²) in [7, 11) is -4.78. The van der Waals surface area contributed by atoms with E-state index < -0.39 is 32.5 Å². The first-order chi connectivity index (χ1) is 25.3. The second-order valence-electron chi connectivity index (χ2n) is 12.9. The third kappa shape index (κ3) is 40.0. The summed E-state index contributed by atoms with van der Waals surface area (Å²) in [5.41, 5.74) is 0. The number of carbonyl (C=O) groups is 2. The summed E-state index contributed by atoms with van der Waals surface area (Å²) in [5, 5.41) is 0. The molecule has 1 atom stereocenters. The minimum Gasteiger partial charge on any atom is -0.462 e. The Balaban J connectivity index is 4.12. The number of hydrogen-bond acceptors (Lipinski definition) is 6. The molecule has 0 aromatic carbocycles. The van der Waals surface area contributed by atoms with E-state index in [0.717, 1.165) is 64.2 Å². The molecule has 0 rings (SSSR count). The van der Waals surface area contributed by atoms with Crippen LogP contribution in [0, 0.1) is 0 Å². The summed E-state index contributed by atoms with van der Waals surface area (Å²) >= 11 is 0. The van der Waals surface area contributed by atoms with Crippen molar-refractivity contribution < 1.29 is 37.9 Å². The Morgan fingerprint density at radius 1 is 0.500 bits per heavy atom. The third-order valence-electron chi connectivity index (χ3n) is 7.89. The van der Waals surface area contributed by atoms with Crippen LogP contribution in [0.1, 0.15) is 155 Å². The molecule has 2 N–H and O–H groups in total. The second-order valence-corrected chi connectivity index (χ2v) is 14.1. The molecule has 0 heterocycles. The maximum absolute atomic E-state index is 12.4. The highest BCUT2D eigenvalue weighted by molar-refractivity contribution is 7.46. The van der Waals surface area contributed by atoms with Crippen molar-refractivity contribution in [1.29, 1.82) is 0 Å². The van der Waals surface area contributed by atoms with E-state index >= 15 is 0 Å². The Hall–Kier alpha value is -2.77. The Morgan fingerprint density at radius 2 is 0.885 bits per heavy atom. The van der Waals surface area contributed by atoms with Gasteiger partial charge < -0.3 is 19.3 Å². The van der Waals surface area contributed by atoms with E-state index in [2.05, 4.69) is 97.4 Å². The lowest BCUT2D eigenvalue weighted by molar-refractivity contribution is -0.161. The third-order valence-corrected chi connectivity index (χ3v) is 8.37. The van der Waals surface area contributed by atoms with Crippen molar-refractivity contribution in [3.05, 3.63) is 85.1 Å². The predicted molar refractivity (Wildman–Crippen MR) is 216 cm³/mol. The maximum Gasteiger partial charge on any atom is 0.469 e. The molecule has 0 bridgehead atoms. The predicted octanol–water partition coefficient (Wildman–Crippen LogP) is 12.1. The first-order valence-electron chi connectivity index (χ1n) is 19.9. The van der Waals surface area contributed by atoms with Gasteiger partial charge in [-0.15, -0.1) is 0 Å². The van der Waals surface area contributed by atoms with Crippen LogP contribution in [0.15, 0.2) is 85.1 Å². The van der Waals surface area contributed by atoms with Crippen LogP contribution in [0.2, 0.25) is 0 Å². The van der Waals surface area contributed by atoms with E-state index in [1.165, 1.54) is 51.4 Å². The van der Waals surface area contributed by atoms with Crippen molar-refractivity contribution in [3.63, 3.8) is 0 Å². The molecule has 8 nitrogen and oxygen atoms in total. The maximum atomic E-state index is 12.4. The summed E-state index contributed by atoms with van der Waals surface area (Å²) in [6.45, 7) is 3.54. The molecular formula is C43H71O8P. The Labute approximate surface area is 316 Å². The number of hydrogen-bond donors (Lipinski definition) is 2. The van der Waals surface area contributed by atoms with Crippen molar-refractivity contribution >= 4 is 19.8 Å². The number of phosphoric ester groups is 1. The van der Waals surface area contributed by atoms with Crippen LogP contribution in [0.25, 0.3) is 0 Å². The molecule has 0 fully saturated rings. The van der Waals surface area contributed by atoms with Crippen LogP contribution in [0.3, 0.4) is 0 Å². The van der Waals surface area contributed by atoms with Crippen molar-refractivity contribution in [2.24, 2.45) is 0 Å². The molecule has 0 unspecified atom stereocenters. The molecule has 9 heteroatoms. The van der Waals surface area contributed by atoms with E-state index in [9.17, 15) is 14.2 Å². The van der Waals surface area contributed by atoms with Crippen molar-refractivity contribution in [3.8, 4) is 0 Å². The molecular weight excluding hydrogens is 675 g/mol. The number of allylic oxidation sites excluding steroid dienone is 14. The Kier molecular flexibility index (Phi) is 35.9. The molecule has 0 saturated carbocycles. The fourth-order valence-electron chi connectivity index (χ4n) is 4.90. The van der Waals surface area contributed by atoms with E-state index in [-0.39, 0.29) is 19.4 Å². The van der Waals surface area contributed by atoms with E-state index in [1.807, 2.05) is 6.08 Å². The normalized spacial score (nSPS) is 13.4. The number of carbonyl (C=O) groups excluding carboxylic acids is 2. The van der Waals surface area contributed by atoms with E-state index in [4.69, 9.17) is 19.3 Å². The van der Waals surface area contributed by atoms with Gasteiger partial charge in [-0.25, -0.2) is 4.57 Å². The highest BCUT2D eigenvalue weighted by Crippen LogP contribution is 2.36. The van der Waals surface area contributed by atoms with Gasteiger partial charge >= 0.3 is 19.8 Å². The van der Waals surface area contributed by atoms with Crippen LogP contribution in [0.4, 0.5) is 0 Å². The Morgan fingerprint density at radius 3 is 1.33 bits per heavy atom. The van der Waals surface area contributed by atoms with Crippen LogP contribution in [0.5, 0.6) is 0 Å². The van der Waals surface area contributed by atoms with Gasteiger partial charge in [-0.2, -0.15) is 0 Å². The summed E-state index contributed by atoms with van der Waals surface area (Å²) in [6.07, 6.45) is 50.2. The average Bonchev–Trinajstić information content (AvgIpc) is 3.11. The van der Waals surface area contributed by atoms with Gasteiger partial charge in [0, 0.05) is 12.8 Å². The SMILES string of the molecule is CCCCC/C=C\C/C=C\C/C=C\C/C=C\CCCC(=O)OC[C@H](COP(=O)(O)O)OC(=O)CCCCCC/C=C\C/C=C\C/C=C\CCCCC. The standard InChI is InChI=1S/C43H71O8P/c1-3-5-7-9-11-13-15-17-19-21-23-25-27-29-31-33-35-37-42(44)49-39-41(40-50-52(46,47)48)51-43(45)38-36-34-32-30-28-26-24-22-20-18-16-14-12-10-8-6-4-2/h11-14,17-20,23-26,29,31,41H,3-10,15-16,21-22,27-28,30,32-40H2,1-2H3,(H2,46,47,48)/b13-11-,14-12-,19-17-,20-18-,25-23-,26-24-,31-29-/t41-/m1/s1. The second kappa shape index (κ2) is 38.0. The van der Waals surface area contributed by atoms with Crippen molar-refractivity contribution in [1.82, 2.24) is 0 Å². The van der Waals surface area contributed by atoms with Gasteiger partial charge in [0.15, 0.2) is 6.10 Å². The molecule has 0 radical (unpaired) electrons. The molecule has 0 spiro atoms.